The van der Waals surface area contributed by atoms with Gasteiger partial charge < -0.3 is 10.3 Å². The van der Waals surface area contributed by atoms with Crippen molar-refractivity contribution in [1.29, 1.82) is 0 Å². The number of fused-ring (bicyclic) bond motifs is 1. The summed E-state index contributed by atoms with van der Waals surface area (Å²) in [6.07, 6.45) is 3.47. The van der Waals surface area contributed by atoms with Crippen molar-refractivity contribution >= 4 is 32.7 Å². The first kappa shape index (κ1) is 19.5. The van der Waals surface area contributed by atoms with Crippen LogP contribution < -0.4 is 10.0 Å². The second-order valence-electron chi connectivity index (χ2n) is 7.24. The van der Waals surface area contributed by atoms with Gasteiger partial charge in [-0.3, -0.25) is 4.79 Å². The molecule has 3 N–H and O–H groups in total. The van der Waals surface area contributed by atoms with Crippen molar-refractivity contribution in [3.63, 3.8) is 0 Å². The average Bonchev–Trinajstić information content (AvgIpc) is 3.02. The standard InChI is InChI=1S/C20H21FN4O3S/c1-12(25-29(27,28)18-8-3-2-7-15(18)21)20(26)22-14-9-10-16-17(11-14)24-19(23-16)13-5-4-6-13/h2-3,7-13,25H,4-6H2,1H3,(H,22,26)(H,23,24)/t12-/m0/s1. The molecule has 1 atom stereocenters. The Kier molecular flexibility index (Phi) is 5.10. The predicted molar refractivity (Wildman–Crippen MR) is 107 cm³/mol. The quantitative estimate of drug-likeness (QED) is 0.574. The van der Waals surface area contributed by atoms with Crippen molar-refractivity contribution in [2.75, 3.05) is 5.32 Å². The molecular formula is C20H21FN4O3S. The Morgan fingerprint density at radius 3 is 2.69 bits per heavy atom. The number of imidazole rings is 1. The van der Waals surface area contributed by atoms with E-state index in [1.165, 1.54) is 25.5 Å². The first-order valence-corrected chi connectivity index (χ1v) is 10.9. The third-order valence-corrected chi connectivity index (χ3v) is 6.68. The van der Waals surface area contributed by atoms with Crippen molar-refractivity contribution in [2.24, 2.45) is 0 Å². The summed E-state index contributed by atoms with van der Waals surface area (Å²) >= 11 is 0. The van der Waals surface area contributed by atoms with Gasteiger partial charge in [0, 0.05) is 11.6 Å². The van der Waals surface area contributed by atoms with Gasteiger partial charge in [0.2, 0.25) is 15.9 Å². The maximum atomic E-state index is 13.8. The number of carbonyl (C=O) groups excluding carboxylic acids is 1. The number of hydrogen-bond donors (Lipinski definition) is 3. The molecule has 1 aliphatic carbocycles. The van der Waals surface area contributed by atoms with Crippen LogP contribution in [0.4, 0.5) is 10.1 Å². The lowest BCUT2D eigenvalue weighted by molar-refractivity contribution is -0.117. The molecule has 1 aromatic heterocycles. The number of nitrogens with zero attached hydrogens (tertiary/aromatic N) is 1. The third kappa shape index (κ3) is 4.01. The van der Waals surface area contributed by atoms with E-state index in [0.29, 0.717) is 11.6 Å². The van der Waals surface area contributed by atoms with Crippen LogP contribution in [0.3, 0.4) is 0 Å². The fraction of sp³-hybridized carbons (Fsp3) is 0.300. The number of benzene rings is 2. The molecule has 152 valence electrons. The fourth-order valence-corrected chi connectivity index (χ4v) is 4.53. The van der Waals surface area contributed by atoms with E-state index in [1.807, 2.05) is 0 Å². The number of amides is 1. The van der Waals surface area contributed by atoms with Gasteiger partial charge in [-0.05, 0) is 50.1 Å². The Labute approximate surface area is 167 Å². The van der Waals surface area contributed by atoms with Crippen molar-refractivity contribution < 1.29 is 17.6 Å². The van der Waals surface area contributed by atoms with Crippen LogP contribution in [-0.4, -0.2) is 30.3 Å². The largest absolute Gasteiger partial charge is 0.342 e. The second kappa shape index (κ2) is 7.57. The molecule has 29 heavy (non-hydrogen) atoms. The lowest BCUT2D eigenvalue weighted by atomic mass is 9.85. The fourth-order valence-electron chi connectivity index (χ4n) is 3.25. The first-order valence-electron chi connectivity index (χ1n) is 9.41. The summed E-state index contributed by atoms with van der Waals surface area (Å²) in [4.78, 5) is 19.8. The Bertz CT molecular complexity index is 1170. The summed E-state index contributed by atoms with van der Waals surface area (Å²) in [5, 5.41) is 2.68. The van der Waals surface area contributed by atoms with Gasteiger partial charge in [0.25, 0.3) is 0 Å². The monoisotopic (exact) mass is 416 g/mol. The zero-order valence-corrected chi connectivity index (χ0v) is 16.6. The van der Waals surface area contributed by atoms with Gasteiger partial charge in [0.15, 0.2) is 0 Å². The van der Waals surface area contributed by atoms with E-state index < -0.39 is 32.7 Å². The highest BCUT2D eigenvalue weighted by Crippen LogP contribution is 2.35. The summed E-state index contributed by atoms with van der Waals surface area (Å²) in [5.74, 6) is -0.00318. The topological polar surface area (TPSA) is 104 Å². The van der Waals surface area contributed by atoms with Crippen LogP contribution in [0, 0.1) is 5.82 Å². The number of carbonyl (C=O) groups is 1. The highest BCUT2D eigenvalue weighted by molar-refractivity contribution is 7.89. The Morgan fingerprint density at radius 2 is 2.00 bits per heavy atom. The summed E-state index contributed by atoms with van der Waals surface area (Å²) in [7, 11) is -4.17. The molecule has 0 radical (unpaired) electrons. The molecule has 0 bridgehead atoms. The van der Waals surface area contributed by atoms with E-state index in [9.17, 15) is 17.6 Å². The zero-order chi connectivity index (χ0) is 20.6. The van der Waals surface area contributed by atoms with E-state index in [-0.39, 0.29) is 0 Å². The number of H-pyrrole nitrogens is 1. The Hall–Kier alpha value is -2.78. The maximum Gasteiger partial charge on any atom is 0.244 e. The van der Waals surface area contributed by atoms with Crippen LogP contribution >= 0.6 is 0 Å². The highest BCUT2D eigenvalue weighted by Gasteiger charge is 2.25. The van der Waals surface area contributed by atoms with Crippen LogP contribution in [-0.2, 0) is 14.8 Å². The number of hydrogen-bond acceptors (Lipinski definition) is 4. The molecule has 0 aliphatic heterocycles. The molecule has 1 saturated carbocycles. The van der Waals surface area contributed by atoms with Crippen molar-refractivity contribution in [2.45, 2.75) is 43.0 Å². The number of anilines is 1. The molecule has 7 nitrogen and oxygen atoms in total. The van der Waals surface area contributed by atoms with Crippen LogP contribution in [0.25, 0.3) is 11.0 Å². The molecule has 0 saturated heterocycles. The number of halogens is 1. The molecule has 1 amide bonds. The molecule has 0 spiro atoms. The Balaban J connectivity index is 1.46. The number of aromatic amines is 1. The van der Waals surface area contributed by atoms with Crippen LogP contribution in [0.15, 0.2) is 47.4 Å². The van der Waals surface area contributed by atoms with E-state index in [1.54, 1.807) is 18.2 Å². The predicted octanol–water partition coefficient (Wildman–Crippen LogP) is 3.28. The zero-order valence-electron chi connectivity index (χ0n) is 15.8. The number of sulfonamides is 1. The van der Waals surface area contributed by atoms with Crippen LogP contribution in [0.2, 0.25) is 0 Å². The summed E-state index contributed by atoms with van der Waals surface area (Å²) < 4.78 is 40.7. The normalized spacial score (nSPS) is 15.8. The minimum atomic E-state index is -4.17. The molecule has 1 fully saturated rings. The van der Waals surface area contributed by atoms with Gasteiger partial charge in [-0.2, -0.15) is 4.72 Å². The van der Waals surface area contributed by atoms with Gasteiger partial charge in [-0.25, -0.2) is 17.8 Å². The van der Waals surface area contributed by atoms with E-state index in [4.69, 9.17) is 0 Å². The molecule has 1 heterocycles. The van der Waals surface area contributed by atoms with E-state index in [2.05, 4.69) is 20.0 Å². The highest BCUT2D eigenvalue weighted by atomic mass is 32.2. The van der Waals surface area contributed by atoms with Crippen LogP contribution in [0.1, 0.15) is 37.9 Å². The minimum Gasteiger partial charge on any atom is -0.342 e. The van der Waals surface area contributed by atoms with E-state index in [0.717, 1.165) is 41.8 Å². The van der Waals surface area contributed by atoms with Gasteiger partial charge in [0.05, 0.1) is 17.1 Å². The molecule has 1 aliphatic rings. The van der Waals surface area contributed by atoms with Crippen molar-refractivity contribution in [3.05, 3.63) is 54.1 Å². The summed E-state index contributed by atoms with van der Waals surface area (Å²) in [6.45, 7) is 1.40. The third-order valence-electron chi connectivity index (χ3n) is 5.11. The number of aromatic nitrogens is 2. The number of rotatable bonds is 6. The average molecular weight is 416 g/mol. The smallest absolute Gasteiger partial charge is 0.244 e. The molecule has 4 rings (SSSR count). The SMILES string of the molecule is C[C@H](NS(=O)(=O)c1ccccc1F)C(=O)Nc1ccc2nc(C3CCC3)[nH]c2c1. The van der Waals surface area contributed by atoms with Gasteiger partial charge in [-0.15, -0.1) is 0 Å². The van der Waals surface area contributed by atoms with Gasteiger partial charge >= 0.3 is 0 Å². The lowest BCUT2D eigenvalue weighted by Crippen LogP contribution is -2.41. The molecule has 0 unspecified atom stereocenters. The molecular weight excluding hydrogens is 395 g/mol. The number of nitrogens with one attached hydrogen (secondary N) is 3. The molecule has 3 aromatic rings. The molecule has 9 heteroatoms. The minimum absolute atomic E-state index is 0.466. The Morgan fingerprint density at radius 1 is 1.24 bits per heavy atom. The van der Waals surface area contributed by atoms with Gasteiger partial charge in [0.1, 0.15) is 16.5 Å². The second-order valence-corrected chi connectivity index (χ2v) is 8.93. The van der Waals surface area contributed by atoms with Gasteiger partial charge in [-0.1, -0.05) is 18.6 Å². The maximum absolute atomic E-state index is 13.8. The van der Waals surface area contributed by atoms with Crippen molar-refractivity contribution in [1.82, 2.24) is 14.7 Å². The first-order chi connectivity index (χ1) is 13.8. The summed E-state index contributed by atoms with van der Waals surface area (Å²) in [5.41, 5.74) is 2.14. The van der Waals surface area contributed by atoms with E-state index >= 15 is 0 Å². The molecule has 2 aromatic carbocycles. The van der Waals surface area contributed by atoms with Crippen LogP contribution in [0.5, 0.6) is 0 Å². The summed E-state index contributed by atoms with van der Waals surface area (Å²) in [6, 6.07) is 9.20. The van der Waals surface area contributed by atoms with Crippen molar-refractivity contribution in [3.8, 4) is 0 Å². The lowest BCUT2D eigenvalue weighted by Gasteiger charge is -2.22.